The molecule has 0 fully saturated rings. The van der Waals surface area contributed by atoms with Crippen molar-refractivity contribution in [2.24, 2.45) is 0 Å². The number of rotatable bonds is 7. The van der Waals surface area contributed by atoms with Crippen LogP contribution in [0.15, 0.2) is 134 Å². The lowest BCUT2D eigenvalue weighted by atomic mass is 10.1. The molecule has 2 unspecified atom stereocenters. The molecule has 1 N–H and O–H groups in total. The molecule has 0 spiro atoms. The SMILES string of the molecule is C=CC(C(O)c1ccccc1)[Si](c1ccccc1)(c1ccccc1)c1ccccc1. The quantitative estimate of drug-likeness (QED) is 0.273. The standard InChI is InChI=1S/C28H26OSi/c1-2-27(28(29)23-15-7-3-8-16-23)30(24-17-9-4-10-18-24,25-19-11-5-12-20-25)26-21-13-6-14-22-26/h2-22,27-29H,1H2. The smallest absolute Gasteiger partial charge is 0.157 e. The summed E-state index contributed by atoms with van der Waals surface area (Å²) in [5.41, 5.74) is 0.772. The Morgan fingerprint density at radius 2 is 0.900 bits per heavy atom. The topological polar surface area (TPSA) is 20.2 Å². The molecule has 2 heteroatoms. The van der Waals surface area contributed by atoms with E-state index in [1.54, 1.807) is 0 Å². The number of benzene rings is 4. The van der Waals surface area contributed by atoms with E-state index in [-0.39, 0.29) is 5.54 Å². The molecule has 0 aliphatic rings. The van der Waals surface area contributed by atoms with Crippen molar-refractivity contribution in [2.75, 3.05) is 0 Å². The van der Waals surface area contributed by atoms with Crippen LogP contribution < -0.4 is 15.6 Å². The van der Waals surface area contributed by atoms with Crippen molar-refractivity contribution in [1.29, 1.82) is 0 Å². The summed E-state index contributed by atoms with van der Waals surface area (Å²) in [5.74, 6) is 0. The van der Waals surface area contributed by atoms with E-state index in [1.807, 2.05) is 36.4 Å². The molecule has 0 heterocycles. The average Bonchev–Trinajstić information content (AvgIpc) is 2.84. The van der Waals surface area contributed by atoms with Gasteiger partial charge in [-0.05, 0) is 21.1 Å². The summed E-state index contributed by atoms with van der Waals surface area (Å²) >= 11 is 0. The van der Waals surface area contributed by atoms with Gasteiger partial charge in [-0.15, -0.1) is 6.58 Å². The first-order chi connectivity index (χ1) is 14.8. The fourth-order valence-corrected chi connectivity index (χ4v) is 9.91. The van der Waals surface area contributed by atoms with Gasteiger partial charge in [-0.2, -0.15) is 0 Å². The number of aliphatic hydroxyl groups excluding tert-OH is 1. The van der Waals surface area contributed by atoms with Crippen molar-refractivity contribution < 1.29 is 5.11 Å². The third-order valence-electron chi connectivity index (χ3n) is 5.92. The molecular weight excluding hydrogens is 380 g/mol. The maximum absolute atomic E-state index is 11.7. The van der Waals surface area contributed by atoms with Crippen molar-refractivity contribution in [1.82, 2.24) is 0 Å². The predicted octanol–water partition coefficient (Wildman–Crippen LogP) is 4.45. The van der Waals surface area contributed by atoms with Crippen LogP contribution >= 0.6 is 0 Å². The second kappa shape index (κ2) is 9.08. The zero-order valence-corrected chi connectivity index (χ0v) is 17.9. The highest BCUT2D eigenvalue weighted by Gasteiger charge is 2.48. The zero-order chi connectivity index (χ0) is 20.8. The van der Waals surface area contributed by atoms with E-state index in [0.29, 0.717) is 0 Å². The summed E-state index contributed by atoms with van der Waals surface area (Å²) in [6.45, 7) is 4.22. The van der Waals surface area contributed by atoms with Crippen molar-refractivity contribution in [3.05, 3.63) is 140 Å². The first kappa shape index (κ1) is 20.1. The van der Waals surface area contributed by atoms with Crippen molar-refractivity contribution in [3.63, 3.8) is 0 Å². The first-order valence-corrected chi connectivity index (χ1v) is 12.4. The van der Waals surface area contributed by atoms with Gasteiger partial charge in [0.15, 0.2) is 8.07 Å². The molecule has 0 saturated carbocycles. The van der Waals surface area contributed by atoms with Gasteiger partial charge in [0.1, 0.15) is 0 Å². The van der Waals surface area contributed by atoms with Crippen LogP contribution in [0, 0.1) is 0 Å². The van der Waals surface area contributed by atoms with Gasteiger partial charge in [-0.25, -0.2) is 0 Å². The van der Waals surface area contributed by atoms with Gasteiger partial charge in [0.2, 0.25) is 0 Å². The van der Waals surface area contributed by atoms with E-state index in [4.69, 9.17) is 0 Å². The van der Waals surface area contributed by atoms with Crippen LogP contribution in [0.5, 0.6) is 0 Å². The third-order valence-corrected chi connectivity index (χ3v) is 11.2. The molecule has 0 amide bonds. The average molecular weight is 407 g/mol. The van der Waals surface area contributed by atoms with E-state index < -0.39 is 14.2 Å². The van der Waals surface area contributed by atoms with Crippen LogP contribution in [0.4, 0.5) is 0 Å². The molecule has 1 nitrogen and oxygen atoms in total. The molecule has 0 bridgehead atoms. The Hall–Kier alpha value is -3.20. The zero-order valence-electron chi connectivity index (χ0n) is 16.9. The highest BCUT2D eigenvalue weighted by Crippen LogP contribution is 2.36. The monoisotopic (exact) mass is 406 g/mol. The Labute approximate surface area is 180 Å². The molecule has 30 heavy (non-hydrogen) atoms. The third kappa shape index (κ3) is 3.56. The molecule has 4 aromatic carbocycles. The Balaban J connectivity index is 2.05. The van der Waals surface area contributed by atoms with Crippen LogP contribution in [0.2, 0.25) is 5.54 Å². The van der Waals surface area contributed by atoms with Gasteiger partial charge in [-0.1, -0.05) is 127 Å². The van der Waals surface area contributed by atoms with Gasteiger partial charge in [0, 0.05) is 5.54 Å². The van der Waals surface area contributed by atoms with Gasteiger partial charge in [0.25, 0.3) is 0 Å². The van der Waals surface area contributed by atoms with E-state index in [2.05, 4.69) is 97.6 Å². The van der Waals surface area contributed by atoms with Crippen molar-refractivity contribution >= 4 is 23.6 Å². The van der Waals surface area contributed by atoms with Gasteiger partial charge in [0.05, 0.1) is 6.10 Å². The lowest BCUT2D eigenvalue weighted by molar-refractivity contribution is 0.180. The van der Waals surface area contributed by atoms with E-state index in [9.17, 15) is 5.11 Å². The molecule has 0 aromatic heterocycles. The minimum Gasteiger partial charge on any atom is -0.388 e. The van der Waals surface area contributed by atoms with Gasteiger partial charge in [-0.3, -0.25) is 0 Å². The predicted molar refractivity (Wildman–Crippen MR) is 129 cm³/mol. The molecule has 0 aliphatic carbocycles. The molecule has 0 saturated heterocycles. The summed E-state index contributed by atoms with van der Waals surface area (Å²) in [7, 11) is -2.67. The van der Waals surface area contributed by atoms with Crippen molar-refractivity contribution in [2.45, 2.75) is 11.6 Å². The fourth-order valence-electron chi connectivity index (χ4n) is 4.58. The van der Waals surface area contributed by atoms with E-state index >= 15 is 0 Å². The van der Waals surface area contributed by atoms with Crippen LogP contribution in [0.25, 0.3) is 0 Å². The Morgan fingerprint density at radius 3 is 1.23 bits per heavy atom. The minimum atomic E-state index is -2.67. The number of aliphatic hydroxyl groups is 1. The maximum Gasteiger partial charge on any atom is 0.157 e. The molecule has 4 aromatic rings. The second-order valence-corrected chi connectivity index (χ2v) is 11.5. The van der Waals surface area contributed by atoms with E-state index in [1.165, 1.54) is 15.6 Å². The molecule has 0 aliphatic heterocycles. The maximum atomic E-state index is 11.7. The van der Waals surface area contributed by atoms with Crippen LogP contribution in [-0.2, 0) is 0 Å². The Morgan fingerprint density at radius 1 is 0.567 bits per heavy atom. The summed E-state index contributed by atoms with van der Waals surface area (Å²) in [6, 6.07) is 41.9. The van der Waals surface area contributed by atoms with Crippen LogP contribution in [0.1, 0.15) is 11.7 Å². The lowest BCUT2D eigenvalue weighted by Gasteiger charge is -2.41. The minimum absolute atomic E-state index is 0.146. The van der Waals surface area contributed by atoms with E-state index in [0.717, 1.165) is 5.56 Å². The van der Waals surface area contributed by atoms with Crippen LogP contribution in [-0.4, -0.2) is 13.2 Å². The molecule has 2 atom stereocenters. The largest absolute Gasteiger partial charge is 0.388 e. The number of hydrogen-bond donors (Lipinski definition) is 1. The fraction of sp³-hybridized carbons (Fsp3) is 0.0714. The Kier molecular flexibility index (Phi) is 6.08. The summed E-state index contributed by atoms with van der Waals surface area (Å²) < 4.78 is 0. The molecule has 148 valence electrons. The Bertz CT molecular complexity index is 966. The lowest BCUT2D eigenvalue weighted by Crippen LogP contribution is -2.70. The highest BCUT2D eigenvalue weighted by atomic mass is 28.3. The second-order valence-electron chi connectivity index (χ2n) is 7.52. The molecule has 4 rings (SSSR count). The molecule has 0 radical (unpaired) electrons. The highest BCUT2D eigenvalue weighted by molar-refractivity contribution is 7.12. The van der Waals surface area contributed by atoms with Gasteiger partial charge >= 0.3 is 0 Å². The summed E-state index contributed by atoms with van der Waals surface area (Å²) in [5, 5.41) is 15.5. The summed E-state index contributed by atoms with van der Waals surface area (Å²) in [4.78, 5) is 0. The van der Waals surface area contributed by atoms with Crippen molar-refractivity contribution in [3.8, 4) is 0 Å². The number of hydrogen-bond acceptors (Lipinski definition) is 1. The van der Waals surface area contributed by atoms with Crippen LogP contribution in [0.3, 0.4) is 0 Å². The first-order valence-electron chi connectivity index (χ1n) is 10.3. The molecular formula is C28H26OSi. The normalized spacial score (nSPS) is 13.4. The van der Waals surface area contributed by atoms with Gasteiger partial charge < -0.3 is 5.11 Å². The summed E-state index contributed by atoms with van der Waals surface area (Å²) in [6.07, 6.45) is 1.31.